The number of anilines is 1. The van der Waals surface area contributed by atoms with Crippen LogP contribution in [-0.4, -0.2) is 38.6 Å². The summed E-state index contributed by atoms with van der Waals surface area (Å²) >= 11 is 0. The van der Waals surface area contributed by atoms with Crippen molar-refractivity contribution in [1.82, 2.24) is 10.6 Å². The van der Waals surface area contributed by atoms with E-state index >= 15 is 0 Å². The smallest absolute Gasteiger partial charge is 0.269 e. The van der Waals surface area contributed by atoms with Crippen LogP contribution >= 0.6 is 0 Å². The number of nitrogens with one attached hydrogen (secondary N) is 3. The third-order valence-corrected chi connectivity index (χ3v) is 6.70. The van der Waals surface area contributed by atoms with Crippen LogP contribution in [0.4, 0.5) is 11.4 Å². The van der Waals surface area contributed by atoms with Gasteiger partial charge >= 0.3 is 0 Å². The Labute approximate surface area is 175 Å². The molecule has 1 unspecified atom stereocenters. The first-order valence-electron chi connectivity index (χ1n) is 11.1. The van der Waals surface area contributed by atoms with Crippen molar-refractivity contribution in [2.24, 2.45) is 10.9 Å². The van der Waals surface area contributed by atoms with Gasteiger partial charge in [-0.05, 0) is 61.2 Å². The topological polar surface area (TPSA) is 72.2 Å². The number of nitriles is 1. The van der Waals surface area contributed by atoms with E-state index in [0.717, 1.165) is 36.5 Å². The molecule has 29 heavy (non-hydrogen) atoms. The number of benzene rings is 1. The van der Waals surface area contributed by atoms with Gasteiger partial charge in [0.05, 0.1) is 17.4 Å². The molecule has 1 saturated carbocycles. The lowest BCUT2D eigenvalue weighted by atomic mass is 9.32. The van der Waals surface area contributed by atoms with Crippen molar-refractivity contribution in [1.29, 1.82) is 5.26 Å². The lowest BCUT2D eigenvalue weighted by Crippen LogP contribution is -2.40. The number of nitrogens with zero attached hydrogens (tertiary/aromatic N) is 2. The lowest BCUT2D eigenvalue weighted by Gasteiger charge is -2.36. The SMILES string of the molecule is CCCC1CC(N/C=C(\CNC)C2C=Nc3ccc(C4CB(C#N)C4)cc3N2)C1. The van der Waals surface area contributed by atoms with Gasteiger partial charge in [0.2, 0.25) is 0 Å². The van der Waals surface area contributed by atoms with Crippen LogP contribution in [0.5, 0.6) is 0 Å². The van der Waals surface area contributed by atoms with E-state index < -0.39 is 0 Å². The van der Waals surface area contributed by atoms with Crippen LogP contribution in [0.15, 0.2) is 35.0 Å². The molecule has 0 bridgehead atoms. The Morgan fingerprint density at radius 2 is 2.21 bits per heavy atom. The predicted octanol–water partition coefficient (Wildman–Crippen LogP) is 4.11. The molecule has 2 aliphatic heterocycles. The Morgan fingerprint density at radius 1 is 1.38 bits per heavy atom. The summed E-state index contributed by atoms with van der Waals surface area (Å²) in [6, 6.07) is 7.22. The molecule has 0 radical (unpaired) electrons. The maximum atomic E-state index is 9.04. The highest BCUT2D eigenvalue weighted by atomic mass is 15.0. The van der Waals surface area contributed by atoms with Gasteiger partial charge in [0.25, 0.3) is 6.71 Å². The Kier molecular flexibility index (Phi) is 6.25. The van der Waals surface area contributed by atoms with Crippen molar-refractivity contribution in [2.75, 3.05) is 18.9 Å². The molecule has 5 nitrogen and oxygen atoms in total. The number of hydrogen-bond donors (Lipinski definition) is 3. The third kappa shape index (κ3) is 4.51. The molecule has 1 aromatic carbocycles. The third-order valence-electron chi connectivity index (χ3n) is 6.70. The number of likely N-dealkylation sites (N-methyl/N-ethyl adjacent to an activating group) is 1. The van der Waals surface area contributed by atoms with E-state index in [2.05, 4.69) is 53.2 Å². The number of aliphatic imine (C=N–C) groups is 1. The summed E-state index contributed by atoms with van der Waals surface area (Å²) in [7, 11) is 1.99. The van der Waals surface area contributed by atoms with Gasteiger partial charge in [-0.1, -0.05) is 38.5 Å². The molecule has 2 fully saturated rings. The van der Waals surface area contributed by atoms with Crippen LogP contribution in [0.2, 0.25) is 12.6 Å². The fourth-order valence-electron chi connectivity index (χ4n) is 4.77. The van der Waals surface area contributed by atoms with E-state index in [-0.39, 0.29) is 12.8 Å². The molecule has 4 rings (SSSR count). The van der Waals surface area contributed by atoms with Gasteiger partial charge in [-0.25, -0.2) is 5.26 Å². The highest BCUT2D eigenvalue weighted by Crippen LogP contribution is 2.41. The van der Waals surface area contributed by atoms with Crippen LogP contribution in [0.1, 0.15) is 44.1 Å². The van der Waals surface area contributed by atoms with Crippen molar-refractivity contribution in [2.45, 2.75) is 63.2 Å². The van der Waals surface area contributed by atoms with Gasteiger partial charge < -0.3 is 16.0 Å². The maximum Gasteiger partial charge on any atom is 0.269 e. The molecule has 0 aromatic heterocycles. The van der Waals surface area contributed by atoms with Crippen LogP contribution < -0.4 is 16.0 Å². The first-order valence-corrected chi connectivity index (χ1v) is 11.1. The molecule has 3 aliphatic rings. The van der Waals surface area contributed by atoms with E-state index in [0.29, 0.717) is 12.0 Å². The van der Waals surface area contributed by atoms with Crippen LogP contribution in [0, 0.1) is 17.1 Å². The second-order valence-electron chi connectivity index (χ2n) is 8.91. The normalized spacial score (nSPS) is 26.0. The molecule has 1 aliphatic carbocycles. The van der Waals surface area contributed by atoms with E-state index in [1.54, 1.807) is 0 Å². The summed E-state index contributed by atoms with van der Waals surface area (Å²) in [4.78, 5) is 4.71. The first kappa shape index (κ1) is 20.0. The molecule has 6 heteroatoms. The summed E-state index contributed by atoms with van der Waals surface area (Å²) in [5, 5.41) is 19.7. The van der Waals surface area contributed by atoms with Crippen molar-refractivity contribution in [3.63, 3.8) is 0 Å². The Bertz CT molecular complexity index is 815. The van der Waals surface area contributed by atoms with Gasteiger partial charge in [-0.3, -0.25) is 4.99 Å². The van der Waals surface area contributed by atoms with Crippen molar-refractivity contribution in [3.05, 3.63) is 35.5 Å². The van der Waals surface area contributed by atoms with Crippen molar-refractivity contribution >= 4 is 24.3 Å². The summed E-state index contributed by atoms with van der Waals surface area (Å²) in [5.41, 5.74) is 4.70. The molecular weight excluding hydrogens is 357 g/mol. The highest BCUT2D eigenvalue weighted by molar-refractivity contribution is 6.70. The van der Waals surface area contributed by atoms with Gasteiger partial charge in [0, 0.05) is 24.8 Å². The molecule has 0 spiro atoms. The molecule has 0 amide bonds. The van der Waals surface area contributed by atoms with E-state index in [1.165, 1.54) is 36.8 Å². The van der Waals surface area contributed by atoms with Gasteiger partial charge in [-0.2, -0.15) is 0 Å². The zero-order valence-electron chi connectivity index (χ0n) is 17.6. The number of hydrogen-bond acceptors (Lipinski definition) is 5. The average Bonchev–Trinajstić information content (AvgIpc) is 2.67. The van der Waals surface area contributed by atoms with E-state index in [4.69, 9.17) is 10.3 Å². The van der Waals surface area contributed by atoms with Crippen LogP contribution in [0.3, 0.4) is 0 Å². The van der Waals surface area contributed by atoms with E-state index in [1.807, 2.05) is 13.3 Å². The molecule has 152 valence electrons. The molecule has 1 aromatic rings. The Hall–Kier alpha value is -2.26. The minimum Gasteiger partial charge on any atom is -0.388 e. The minimum atomic E-state index is 0.0949. The predicted molar refractivity (Wildman–Crippen MR) is 122 cm³/mol. The maximum absolute atomic E-state index is 9.04. The molecule has 3 N–H and O–H groups in total. The van der Waals surface area contributed by atoms with Gasteiger partial charge in [0.15, 0.2) is 0 Å². The fourth-order valence-corrected chi connectivity index (χ4v) is 4.77. The number of rotatable bonds is 8. The van der Waals surface area contributed by atoms with Crippen LogP contribution in [0.25, 0.3) is 0 Å². The molecule has 1 atom stereocenters. The summed E-state index contributed by atoms with van der Waals surface area (Å²) < 4.78 is 0. The average molecular weight is 389 g/mol. The monoisotopic (exact) mass is 389 g/mol. The summed E-state index contributed by atoms with van der Waals surface area (Å²) in [6.07, 6.45) is 11.4. The van der Waals surface area contributed by atoms with E-state index in [9.17, 15) is 0 Å². The van der Waals surface area contributed by atoms with Crippen molar-refractivity contribution < 1.29 is 0 Å². The van der Waals surface area contributed by atoms with Crippen molar-refractivity contribution in [3.8, 4) is 5.97 Å². The second kappa shape index (κ2) is 9.05. The molecule has 2 heterocycles. The summed E-state index contributed by atoms with van der Waals surface area (Å²) in [6.45, 7) is 3.33. The van der Waals surface area contributed by atoms with Gasteiger partial charge in [-0.15, -0.1) is 0 Å². The summed E-state index contributed by atoms with van der Waals surface area (Å²) in [5.74, 6) is 3.80. The standard InChI is InChI=1S/C23H32BN5/c1-3-4-16-7-20(8-16)27-13-19(12-26-2)23-14-28-21-6-5-17(9-22(21)29-23)18-10-24(11-18)15-25/h5-6,9,13-14,16,18,20,23,26-27,29H,3-4,7-8,10-12H2,1-2H3/b19-13+. The zero-order chi connectivity index (χ0) is 20.2. The molecule has 1 saturated heterocycles. The molecular formula is C23H32BN5. The lowest BCUT2D eigenvalue weighted by molar-refractivity contribution is 0.224. The van der Waals surface area contributed by atoms with Gasteiger partial charge in [0.1, 0.15) is 0 Å². The quantitative estimate of drug-likeness (QED) is 0.585. The minimum absolute atomic E-state index is 0.0949. The first-order chi connectivity index (χ1) is 14.2. The largest absolute Gasteiger partial charge is 0.388 e. The highest BCUT2D eigenvalue weighted by Gasteiger charge is 2.34. The Balaban J connectivity index is 1.40. The number of fused-ring (bicyclic) bond motifs is 1. The zero-order valence-corrected chi connectivity index (χ0v) is 17.6. The van der Waals surface area contributed by atoms with Crippen LogP contribution in [-0.2, 0) is 0 Å². The second-order valence-corrected chi connectivity index (χ2v) is 8.91. The fraction of sp³-hybridized carbons (Fsp3) is 0.565. The Morgan fingerprint density at radius 3 is 2.93 bits per heavy atom.